The van der Waals surface area contributed by atoms with Gasteiger partial charge in [-0.3, -0.25) is 4.99 Å². The summed E-state index contributed by atoms with van der Waals surface area (Å²) in [6.45, 7) is 2.30. The first-order valence-electron chi connectivity index (χ1n) is 7.15. The van der Waals surface area contributed by atoms with Crippen molar-refractivity contribution in [3.63, 3.8) is 0 Å². The lowest BCUT2D eigenvalue weighted by Crippen LogP contribution is -2.38. The Labute approximate surface area is 103 Å². The van der Waals surface area contributed by atoms with Gasteiger partial charge in [0, 0.05) is 25.0 Å². The van der Waals surface area contributed by atoms with Gasteiger partial charge in [0.05, 0.1) is 6.04 Å². The molecule has 1 fully saturated rings. The van der Waals surface area contributed by atoms with Crippen molar-refractivity contribution >= 4 is 6.21 Å². The Balaban J connectivity index is 1.83. The molecule has 0 saturated carbocycles. The fourth-order valence-electron chi connectivity index (χ4n) is 4.27. The van der Waals surface area contributed by atoms with Crippen molar-refractivity contribution in [1.29, 1.82) is 0 Å². The molecule has 2 unspecified atom stereocenters. The first-order valence-corrected chi connectivity index (χ1v) is 7.15. The minimum Gasteiger partial charge on any atom is -0.367 e. The maximum atomic E-state index is 4.45. The van der Waals surface area contributed by atoms with Gasteiger partial charge in [-0.25, -0.2) is 0 Å². The number of piperidine rings is 1. The van der Waals surface area contributed by atoms with Crippen LogP contribution in [0.25, 0.3) is 0 Å². The van der Waals surface area contributed by atoms with Gasteiger partial charge in [-0.1, -0.05) is 0 Å². The highest BCUT2D eigenvalue weighted by molar-refractivity contribution is 5.75. The van der Waals surface area contributed by atoms with E-state index in [1.165, 1.54) is 45.1 Å². The molecule has 1 aliphatic carbocycles. The SMILES string of the molecule is C1=NCCC2C(=C1)C1=C3C(CCC1)CCCN32. The van der Waals surface area contributed by atoms with E-state index in [1.54, 1.807) is 16.8 Å². The topological polar surface area (TPSA) is 15.6 Å². The zero-order valence-corrected chi connectivity index (χ0v) is 10.4. The van der Waals surface area contributed by atoms with Crippen molar-refractivity contribution in [3.05, 3.63) is 22.9 Å². The molecule has 1 saturated heterocycles. The lowest BCUT2D eigenvalue weighted by atomic mass is 9.81. The van der Waals surface area contributed by atoms with Crippen molar-refractivity contribution in [3.8, 4) is 0 Å². The van der Waals surface area contributed by atoms with Crippen LogP contribution in [-0.4, -0.2) is 30.2 Å². The molecule has 0 aromatic heterocycles. The predicted octanol–water partition coefficient (Wildman–Crippen LogP) is 2.92. The normalized spacial score (nSPS) is 35.3. The van der Waals surface area contributed by atoms with Crippen LogP contribution in [-0.2, 0) is 0 Å². The van der Waals surface area contributed by atoms with Crippen LogP contribution >= 0.6 is 0 Å². The molecule has 4 aliphatic rings. The average Bonchev–Trinajstić information content (AvgIpc) is 2.55. The number of hydrogen-bond acceptors (Lipinski definition) is 2. The molecular weight excluding hydrogens is 208 g/mol. The summed E-state index contributed by atoms with van der Waals surface area (Å²) in [4.78, 5) is 7.19. The first-order chi connectivity index (χ1) is 8.45. The van der Waals surface area contributed by atoms with Gasteiger partial charge in [0.15, 0.2) is 0 Å². The van der Waals surface area contributed by atoms with E-state index in [1.807, 2.05) is 6.21 Å². The second kappa shape index (κ2) is 3.72. The fraction of sp³-hybridized carbons (Fsp3) is 0.667. The molecule has 2 atom stereocenters. The van der Waals surface area contributed by atoms with Crippen molar-refractivity contribution in [2.75, 3.05) is 13.1 Å². The number of aliphatic imine (C=N–C) groups is 1. The van der Waals surface area contributed by atoms with Gasteiger partial charge in [-0.15, -0.1) is 0 Å². The standard InChI is InChI=1S/C15H20N2/c1-3-11-4-2-10-17-14-7-9-16-8-6-12(14)13(5-1)15(11)17/h6,8,11,14H,1-5,7,9-10H2. The molecule has 0 spiro atoms. The highest BCUT2D eigenvalue weighted by Crippen LogP contribution is 2.49. The van der Waals surface area contributed by atoms with Crippen LogP contribution in [0.4, 0.5) is 0 Å². The summed E-state index contributed by atoms with van der Waals surface area (Å²) < 4.78 is 0. The van der Waals surface area contributed by atoms with Gasteiger partial charge in [0.25, 0.3) is 0 Å². The summed E-state index contributed by atoms with van der Waals surface area (Å²) >= 11 is 0. The van der Waals surface area contributed by atoms with Gasteiger partial charge >= 0.3 is 0 Å². The molecule has 17 heavy (non-hydrogen) atoms. The Morgan fingerprint density at radius 3 is 3.12 bits per heavy atom. The largest absolute Gasteiger partial charge is 0.367 e. The van der Waals surface area contributed by atoms with Gasteiger partial charge in [0.2, 0.25) is 0 Å². The lowest BCUT2D eigenvalue weighted by Gasteiger charge is -2.39. The van der Waals surface area contributed by atoms with Crippen LogP contribution in [0.15, 0.2) is 27.9 Å². The smallest absolute Gasteiger partial charge is 0.0561 e. The van der Waals surface area contributed by atoms with Crippen molar-refractivity contribution in [1.82, 2.24) is 4.90 Å². The third-order valence-corrected chi connectivity index (χ3v) is 4.91. The summed E-state index contributed by atoms with van der Waals surface area (Å²) in [7, 11) is 0. The van der Waals surface area contributed by atoms with E-state index in [9.17, 15) is 0 Å². The first kappa shape index (κ1) is 9.93. The number of nitrogens with zero attached hydrogens (tertiary/aromatic N) is 2. The number of hydrogen-bond donors (Lipinski definition) is 0. The molecule has 4 rings (SSSR count). The zero-order valence-electron chi connectivity index (χ0n) is 10.4. The Morgan fingerprint density at radius 1 is 1.18 bits per heavy atom. The van der Waals surface area contributed by atoms with E-state index in [0.29, 0.717) is 6.04 Å². The zero-order chi connectivity index (χ0) is 11.2. The Bertz CT molecular complexity index is 430. The number of rotatable bonds is 0. The third-order valence-electron chi connectivity index (χ3n) is 4.91. The Hall–Kier alpha value is -1.05. The van der Waals surface area contributed by atoms with Gasteiger partial charge in [0.1, 0.15) is 0 Å². The highest BCUT2D eigenvalue weighted by Gasteiger charge is 2.42. The van der Waals surface area contributed by atoms with E-state index < -0.39 is 0 Å². The molecule has 90 valence electrons. The Kier molecular flexibility index (Phi) is 2.17. The van der Waals surface area contributed by atoms with E-state index in [2.05, 4.69) is 16.0 Å². The Morgan fingerprint density at radius 2 is 2.12 bits per heavy atom. The number of fused-ring (bicyclic) bond motifs is 3. The molecule has 0 aromatic rings. The summed E-state index contributed by atoms with van der Waals surface area (Å²) in [5, 5.41) is 0. The second-order valence-electron chi connectivity index (χ2n) is 5.77. The van der Waals surface area contributed by atoms with Crippen LogP contribution in [0.5, 0.6) is 0 Å². The summed E-state index contributed by atoms with van der Waals surface area (Å²) in [6, 6.07) is 0.670. The van der Waals surface area contributed by atoms with Crippen LogP contribution in [0.2, 0.25) is 0 Å². The average molecular weight is 228 g/mol. The van der Waals surface area contributed by atoms with Crippen LogP contribution in [0.3, 0.4) is 0 Å². The van der Waals surface area contributed by atoms with Crippen LogP contribution in [0, 0.1) is 5.92 Å². The molecule has 3 heterocycles. The van der Waals surface area contributed by atoms with E-state index in [0.717, 1.165) is 12.5 Å². The summed E-state index contributed by atoms with van der Waals surface area (Å²) in [6.07, 6.45) is 12.6. The monoisotopic (exact) mass is 228 g/mol. The summed E-state index contributed by atoms with van der Waals surface area (Å²) in [5.74, 6) is 0.886. The maximum absolute atomic E-state index is 4.45. The van der Waals surface area contributed by atoms with Gasteiger partial charge in [-0.2, -0.15) is 0 Å². The lowest BCUT2D eigenvalue weighted by molar-refractivity contribution is 0.203. The quantitative estimate of drug-likeness (QED) is 0.622. The van der Waals surface area contributed by atoms with E-state index >= 15 is 0 Å². The third kappa shape index (κ3) is 1.36. The maximum Gasteiger partial charge on any atom is 0.0561 e. The molecule has 0 N–H and O–H groups in total. The molecule has 2 heteroatoms. The second-order valence-corrected chi connectivity index (χ2v) is 5.77. The summed E-state index contributed by atoms with van der Waals surface area (Å²) in [5.41, 5.74) is 5.07. The van der Waals surface area contributed by atoms with Crippen molar-refractivity contribution < 1.29 is 0 Å². The van der Waals surface area contributed by atoms with Crippen molar-refractivity contribution in [2.45, 2.75) is 44.6 Å². The fourth-order valence-corrected chi connectivity index (χ4v) is 4.27. The minimum atomic E-state index is 0.670. The molecule has 3 aliphatic heterocycles. The highest BCUT2D eigenvalue weighted by atomic mass is 15.2. The molecule has 0 aromatic carbocycles. The minimum absolute atomic E-state index is 0.670. The number of allylic oxidation sites excluding steroid dienone is 2. The van der Waals surface area contributed by atoms with E-state index in [-0.39, 0.29) is 0 Å². The molecule has 0 bridgehead atoms. The molecule has 0 radical (unpaired) electrons. The molecule has 0 amide bonds. The molecular formula is C15H20N2. The van der Waals surface area contributed by atoms with Crippen molar-refractivity contribution in [2.24, 2.45) is 10.9 Å². The van der Waals surface area contributed by atoms with Gasteiger partial charge < -0.3 is 4.90 Å². The van der Waals surface area contributed by atoms with Crippen LogP contribution < -0.4 is 0 Å². The van der Waals surface area contributed by atoms with Crippen LogP contribution in [0.1, 0.15) is 38.5 Å². The van der Waals surface area contributed by atoms with Gasteiger partial charge in [-0.05, 0) is 61.7 Å². The molecule has 2 nitrogen and oxygen atoms in total. The predicted molar refractivity (Wildman–Crippen MR) is 70.2 cm³/mol. The van der Waals surface area contributed by atoms with E-state index in [4.69, 9.17) is 0 Å².